The molecule has 0 aliphatic carbocycles. The van der Waals surface area contributed by atoms with Crippen molar-refractivity contribution in [1.29, 1.82) is 0 Å². The molecule has 1 N–H and O–H groups in total. The Labute approximate surface area is 170 Å². The number of halogens is 4. The summed E-state index contributed by atoms with van der Waals surface area (Å²) in [5.74, 6) is -1.41. The molecule has 0 fully saturated rings. The lowest BCUT2D eigenvalue weighted by Crippen LogP contribution is -2.17. The zero-order valence-electron chi connectivity index (χ0n) is 14.9. The molecule has 0 unspecified atom stereocenters. The molecule has 0 saturated heterocycles. The van der Waals surface area contributed by atoms with Crippen molar-refractivity contribution in [1.82, 2.24) is 19.7 Å². The summed E-state index contributed by atoms with van der Waals surface area (Å²) in [6, 6.07) is 10.5. The third-order valence-electron chi connectivity index (χ3n) is 3.96. The van der Waals surface area contributed by atoms with Crippen molar-refractivity contribution in [3.05, 3.63) is 77.3 Å². The van der Waals surface area contributed by atoms with Crippen LogP contribution in [-0.2, 0) is 6.18 Å². The first-order valence-corrected chi connectivity index (χ1v) is 9.31. The molecule has 4 aromatic rings. The molecule has 11 heteroatoms. The van der Waals surface area contributed by atoms with E-state index in [0.717, 1.165) is 28.2 Å². The molecule has 0 bridgehead atoms. The number of nitrogens with zero attached hydrogens (tertiary/aromatic N) is 4. The lowest BCUT2D eigenvalue weighted by atomic mass is 10.3. The normalized spacial score (nSPS) is 11.5. The molecule has 1 amide bonds. The summed E-state index contributed by atoms with van der Waals surface area (Å²) in [6.45, 7) is 0. The molecule has 3 heterocycles. The van der Waals surface area contributed by atoms with Gasteiger partial charge in [0.05, 0.1) is 11.4 Å². The highest BCUT2D eigenvalue weighted by Crippen LogP contribution is 2.30. The number of pyridine rings is 1. The summed E-state index contributed by atoms with van der Waals surface area (Å²) in [4.78, 5) is 21.1. The molecule has 0 spiro atoms. The van der Waals surface area contributed by atoms with Gasteiger partial charge in [0.2, 0.25) is 0 Å². The topological polar surface area (TPSA) is 72.7 Å². The van der Waals surface area contributed by atoms with Crippen LogP contribution in [0.2, 0.25) is 0 Å². The maximum atomic E-state index is 13.2. The highest BCUT2D eigenvalue weighted by atomic mass is 32.1. The van der Waals surface area contributed by atoms with Gasteiger partial charge >= 0.3 is 6.18 Å². The van der Waals surface area contributed by atoms with E-state index in [-0.39, 0.29) is 16.5 Å². The third kappa shape index (κ3) is 4.06. The minimum atomic E-state index is -4.76. The zero-order valence-corrected chi connectivity index (χ0v) is 15.7. The Kier molecular flexibility index (Phi) is 5.04. The number of aromatic nitrogens is 4. The van der Waals surface area contributed by atoms with Crippen LogP contribution in [0.3, 0.4) is 0 Å². The van der Waals surface area contributed by atoms with Crippen LogP contribution < -0.4 is 5.32 Å². The van der Waals surface area contributed by atoms with E-state index in [1.165, 1.54) is 12.1 Å². The predicted octanol–water partition coefficient (Wildman–Crippen LogP) is 4.80. The minimum absolute atomic E-state index is 0.102. The van der Waals surface area contributed by atoms with Crippen LogP contribution in [0.15, 0.2) is 60.1 Å². The lowest BCUT2D eigenvalue weighted by molar-refractivity contribution is -0.141. The van der Waals surface area contributed by atoms with Crippen LogP contribution in [0, 0.1) is 5.82 Å². The standard InChI is InChI=1S/C19H11F4N5OS/c20-11-4-6-12(7-5-11)28-15(9-16(27-28)19(21,22)23)17(29)26-18-25-14(10-30-18)13-3-1-2-8-24-13/h1-10H,(H,25,26,29). The summed E-state index contributed by atoms with van der Waals surface area (Å²) < 4.78 is 53.5. The second kappa shape index (κ2) is 7.67. The number of anilines is 1. The van der Waals surface area contributed by atoms with E-state index < -0.39 is 23.6 Å². The number of hydrogen-bond donors (Lipinski definition) is 1. The van der Waals surface area contributed by atoms with Gasteiger partial charge in [0, 0.05) is 17.6 Å². The van der Waals surface area contributed by atoms with E-state index in [9.17, 15) is 22.4 Å². The number of benzene rings is 1. The second-order valence-electron chi connectivity index (χ2n) is 6.01. The first kappa shape index (κ1) is 19.7. The van der Waals surface area contributed by atoms with Crippen molar-refractivity contribution in [2.75, 3.05) is 5.32 Å². The Balaban J connectivity index is 1.66. The Hall–Kier alpha value is -3.60. The van der Waals surface area contributed by atoms with Crippen molar-refractivity contribution in [3.8, 4) is 17.1 Å². The first-order valence-electron chi connectivity index (χ1n) is 8.43. The fourth-order valence-electron chi connectivity index (χ4n) is 2.58. The van der Waals surface area contributed by atoms with E-state index in [1.54, 1.807) is 29.8 Å². The van der Waals surface area contributed by atoms with Gasteiger partial charge < -0.3 is 0 Å². The van der Waals surface area contributed by atoms with E-state index in [2.05, 4.69) is 20.4 Å². The molecule has 152 valence electrons. The summed E-state index contributed by atoms with van der Waals surface area (Å²) in [6.07, 6.45) is -3.17. The smallest absolute Gasteiger partial charge is 0.296 e. The van der Waals surface area contributed by atoms with Crippen LogP contribution in [-0.4, -0.2) is 25.7 Å². The zero-order chi connectivity index (χ0) is 21.3. The van der Waals surface area contributed by atoms with E-state index in [0.29, 0.717) is 17.5 Å². The van der Waals surface area contributed by atoms with Gasteiger partial charge in [-0.3, -0.25) is 15.1 Å². The van der Waals surface area contributed by atoms with Crippen LogP contribution >= 0.6 is 11.3 Å². The molecule has 3 aromatic heterocycles. The van der Waals surface area contributed by atoms with Gasteiger partial charge in [-0.05, 0) is 36.4 Å². The van der Waals surface area contributed by atoms with Gasteiger partial charge in [-0.1, -0.05) is 6.07 Å². The minimum Gasteiger partial charge on any atom is -0.296 e. The number of carbonyl (C=O) groups is 1. The molecule has 30 heavy (non-hydrogen) atoms. The quantitative estimate of drug-likeness (QED) is 0.469. The summed E-state index contributed by atoms with van der Waals surface area (Å²) >= 11 is 1.10. The summed E-state index contributed by atoms with van der Waals surface area (Å²) in [7, 11) is 0. The van der Waals surface area contributed by atoms with Crippen molar-refractivity contribution in [2.45, 2.75) is 6.18 Å². The Morgan fingerprint density at radius 1 is 1.07 bits per heavy atom. The molecule has 0 aliphatic rings. The number of carbonyl (C=O) groups excluding carboxylic acids is 1. The molecule has 0 saturated carbocycles. The number of amides is 1. The first-order chi connectivity index (χ1) is 14.3. The van der Waals surface area contributed by atoms with Gasteiger partial charge in [0.15, 0.2) is 10.8 Å². The molecular weight excluding hydrogens is 422 g/mol. The monoisotopic (exact) mass is 433 g/mol. The maximum absolute atomic E-state index is 13.2. The van der Waals surface area contributed by atoms with Gasteiger partial charge in [-0.2, -0.15) is 18.3 Å². The van der Waals surface area contributed by atoms with E-state index in [1.807, 2.05) is 0 Å². The van der Waals surface area contributed by atoms with Crippen molar-refractivity contribution in [3.63, 3.8) is 0 Å². The molecule has 0 aliphatic heterocycles. The second-order valence-corrected chi connectivity index (χ2v) is 6.87. The van der Waals surface area contributed by atoms with Crippen LogP contribution in [0.25, 0.3) is 17.1 Å². The maximum Gasteiger partial charge on any atom is 0.435 e. The Bertz CT molecular complexity index is 1190. The van der Waals surface area contributed by atoms with Gasteiger partial charge in [0.1, 0.15) is 17.2 Å². The van der Waals surface area contributed by atoms with Crippen molar-refractivity contribution < 1.29 is 22.4 Å². The molecule has 4 rings (SSSR count). The fraction of sp³-hybridized carbons (Fsp3) is 0.0526. The van der Waals surface area contributed by atoms with Crippen molar-refractivity contribution >= 4 is 22.4 Å². The molecule has 0 radical (unpaired) electrons. The van der Waals surface area contributed by atoms with E-state index >= 15 is 0 Å². The van der Waals surface area contributed by atoms with Gasteiger partial charge in [-0.25, -0.2) is 14.1 Å². The lowest BCUT2D eigenvalue weighted by Gasteiger charge is -2.07. The number of nitrogens with one attached hydrogen (secondary N) is 1. The highest BCUT2D eigenvalue weighted by Gasteiger charge is 2.36. The molecule has 1 aromatic carbocycles. The third-order valence-corrected chi connectivity index (χ3v) is 4.71. The number of thiazole rings is 1. The average molecular weight is 433 g/mol. The summed E-state index contributed by atoms with van der Waals surface area (Å²) in [5.41, 5.74) is -0.414. The van der Waals surface area contributed by atoms with Crippen LogP contribution in [0.1, 0.15) is 16.2 Å². The van der Waals surface area contributed by atoms with E-state index in [4.69, 9.17) is 0 Å². The number of rotatable bonds is 4. The summed E-state index contributed by atoms with van der Waals surface area (Å²) in [5, 5.41) is 7.80. The van der Waals surface area contributed by atoms with Crippen molar-refractivity contribution in [2.24, 2.45) is 0 Å². The SMILES string of the molecule is O=C(Nc1nc(-c2ccccn2)cs1)c1cc(C(F)(F)F)nn1-c1ccc(F)cc1. The molecule has 0 atom stereocenters. The van der Waals surface area contributed by atoms with Gasteiger partial charge in [-0.15, -0.1) is 11.3 Å². The molecule has 6 nitrogen and oxygen atoms in total. The number of hydrogen-bond acceptors (Lipinski definition) is 5. The Morgan fingerprint density at radius 3 is 2.50 bits per heavy atom. The van der Waals surface area contributed by atoms with Crippen LogP contribution in [0.5, 0.6) is 0 Å². The van der Waals surface area contributed by atoms with Crippen LogP contribution in [0.4, 0.5) is 22.7 Å². The molecular formula is C19H11F4N5OS. The fourth-order valence-corrected chi connectivity index (χ4v) is 3.28. The average Bonchev–Trinajstić information content (AvgIpc) is 3.36. The largest absolute Gasteiger partial charge is 0.435 e. The predicted molar refractivity (Wildman–Crippen MR) is 102 cm³/mol. The number of alkyl halides is 3. The van der Waals surface area contributed by atoms with Gasteiger partial charge in [0.25, 0.3) is 5.91 Å². The highest BCUT2D eigenvalue weighted by molar-refractivity contribution is 7.14. The Morgan fingerprint density at radius 2 is 1.83 bits per heavy atom.